The van der Waals surface area contributed by atoms with Gasteiger partial charge in [-0.1, -0.05) is 103 Å². The van der Waals surface area contributed by atoms with Crippen molar-refractivity contribution in [2.24, 2.45) is 0 Å². The highest BCUT2D eigenvalue weighted by Crippen LogP contribution is 2.14. The number of hydrogen-bond donors (Lipinski definition) is 0. The molecule has 0 amide bonds. The third-order valence-corrected chi connectivity index (χ3v) is 4.36. The molecule has 24 heavy (non-hydrogen) atoms. The number of unbranched alkanes of at least 4 members (excludes halogenated alkanes) is 15. The van der Waals surface area contributed by atoms with Gasteiger partial charge in [-0.05, 0) is 19.8 Å². The first-order valence-electron chi connectivity index (χ1n) is 10.2. The van der Waals surface area contributed by atoms with Gasteiger partial charge in [-0.25, -0.2) is 4.79 Å². The smallest absolute Gasteiger partial charge is 0.333 e. The van der Waals surface area contributed by atoms with Crippen molar-refractivity contribution in [3.8, 4) is 0 Å². The number of carbonyl (C=O) groups excluding carboxylic acids is 1. The SMILES string of the molecule is [CH2]CCCCCCCCCCCCCCCC[CH]OC(=O)C(=C)C. The van der Waals surface area contributed by atoms with Gasteiger partial charge < -0.3 is 4.74 Å². The first kappa shape index (κ1) is 23.2. The lowest BCUT2D eigenvalue weighted by Crippen LogP contribution is -2.02. The van der Waals surface area contributed by atoms with Crippen molar-refractivity contribution < 1.29 is 9.53 Å². The van der Waals surface area contributed by atoms with Gasteiger partial charge in [-0.15, -0.1) is 0 Å². The molecule has 0 bridgehead atoms. The molecular weight excluding hydrogens is 296 g/mol. The molecule has 0 aliphatic carbocycles. The van der Waals surface area contributed by atoms with E-state index in [1.807, 2.05) is 0 Å². The Kier molecular flexibility index (Phi) is 17.9. The number of esters is 1. The molecule has 0 saturated heterocycles. The van der Waals surface area contributed by atoms with E-state index in [9.17, 15) is 4.79 Å². The molecule has 2 heteroatoms. The number of hydrogen-bond acceptors (Lipinski definition) is 2. The van der Waals surface area contributed by atoms with Crippen LogP contribution in [-0.2, 0) is 9.53 Å². The van der Waals surface area contributed by atoms with Crippen LogP contribution in [0.25, 0.3) is 0 Å². The van der Waals surface area contributed by atoms with Crippen LogP contribution in [0.3, 0.4) is 0 Å². The molecule has 0 saturated carbocycles. The van der Waals surface area contributed by atoms with Crippen molar-refractivity contribution in [2.75, 3.05) is 0 Å². The van der Waals surface area contributed by atoms with Crippen LogP contribution in [0.4, 0.5) is 0 Å². The quantitative estimate of drug-likeness (QED) is 0.149. The minimum Gasteiger partial charge on any atom is -0.455 e. The fourth-order valence-corrected chi connectivity index (χ4v) is 2.76. The molecule has 0 heterocycles. The maximum absolute atomic E-state index is 11.1. The van der Waals surface area contributed by atoms with E-state index in [4.69, 9.17) is 4.74 Å². The van der Waals surface area contributed by atoms with Crippen LogP contribution in [0.2, 0.25) is 0 Å². The van der Waals surface area contributed by atoms with Crippen LogP contribution >= 0.6 is 0 Å². The third-order valence-electron chi connectivity index (χ3n) is 4.36. The van der Waals surface area contributed by atoms with Crippen molar-refractivity contribution >= 4 is 5.97 Å². The van der Waals surface area contributed by atoms with Crippen LogP contribution in [0.15, 0.2) is 12.2 Å². The highest BCUT2D eigenvalue weighted by molar-refractivity contribution is 5.87. The summed E-state index contributed by atoms with van der Waals surface area (Å²) in [7, 11) is 0. The van der Waals surface area contributed by atoms with Gasteiger partial charge >= 0.3 is 5.97 Å². The van der Waals surface area contributed by atoms with E-state index in [-0.39, 0.29) is 5.97 Å². The summed E-state index contributed by atoms with van der Waals surface area (Å²) in [5.74, 6) is -0.312. The molecule has 0 unspecified atom stereocenters. The minimum atomic E-state index is -0.312. The highest BCUT2D eigenvalue weighted by Gasteiger charge is 2.02. The van der Waals surface area contributed by atoms with Crippen LogP contribution in [0, 0.1) is 13.5 Å². The van der Waals surface area contributed by atoms with Gasteiger partial charge in [-0.2, -0.15) is 0 Å². The minimum absolute atomic E-state index is 0.312. The zero-order chi connectivity index (χ0) is 17.9. The predicted octanol–water partition coefficient (Wildman–Crippen LogP) is 7.34. The Bertz CT molecular complexity index is 296. The van der Waals surface area contributed by atoms with Gasteiger partial charge in [0.15, 0.2) is 0 Å². The van der Waals surface area contributed by atoms with Crippen LogP contribution < -0.4 is 0 Å². The average Bonchev–Trinajstić information content (AvgIpc) is 2.57. The molecule has 0 aromatic rings. The fourth-order valence-electron chi connectivity index (χ4n) is 2.76. The zero-order valence-corrected chi connectivity index (χ0v) is 16.1. The standard InChI is InChI=1S/C22H40O2/c1-4-5-6-7-8-9-10-11-12-13-14-15-16-17-18-19-20-24-22(23)21(2)3/h20H,1-2,4-19H2,3H3. The monoisotopic (exact) mass is 336 g/mol. The Hall–Kier alpha value is -0.790. The van der Waals surface area contributed by atoms with E-state index in [0.29, 0.717) is 5.57 Å². The van der Waals surface area contributed by atoms with Gasteiger partial charge in [0, 0.05) is 5.57 Å². The molecule has 0 fully saturated rings. The summed E-state index contributed by atoms with van der Waals surface area (Å²) in [5, 5.41) is 0. The molecule has 0 aliphatic heterocycles. The Labute approximate surface area is 151 Å². The zero-order valence-electron chi connectivity index (χ0n) is 16.1. The topological polar surface area (TPSA) is 26.3 Å². The van der Waals surface area contributed by atoms with Crippen molar-refractivity contribution in [1.29, 1.82) is 0 Å². The molecule has 2 nitrogen and oxygen atoms in total. The second kappa shape index (κ2) is 18.5. The second-order valence-electron chi connectivity index (χ2n) is 6.94. The van der Waals surface area contributed by atoms with Crippen molar-refractivity contribution in [2.45, 2.75) is 110 Å². The Balaban J connectivity index is 3.05. The van der Waals surface area contributed by atoms with E-state index in [0.717, 1.165) is 19.3 Å². The van der Waals surface area contributed by atoms with Crippen molar-refractivity contribution in [1.82, 2.24) is 0 Å². The maximum atomic E-state index is 11.1. The summed E-state index contributed by atoms with van der Waals surface area (Å²) in [4.78, 5) is 11.1. The molecule has 0 atom stereocenters. The largest absolute Gasteiger partial charge is 0.455 e. The lowest BCUT2D eigenvalue weighted by atomic mass is 10.0. The summed E-state index contributed by atoms with van der Waals surface area (Å²) in [6, 6.07) is 0. The summed E-state index contributed by atoms with van der Waals surface area (Å²) in [6.07, 6.45) is 20.9. The van der Waals surface area contributed by atoms with Gasteiger partial charge in [0.25, 0.3) is 0 Å². The Morgan fingerprint density at radius 1 is 0.750 bits per heavy atom. The van der Waals surface area contributed by atoms with Crippen molar-refractivity contribution in [3.05, 3.63) is 25.7 Å². The fraction of sp³-hybridized carbons (Fsp3) is 0.773. The summed E-state index contributed by atoms with van der Waals surface area (Å²) in [5.41, 5.74) is 0.459. The molecule has 0 rings (SSSR count). The Morgan fingerprint density at radius 3 is 1.50 bits per heavy atom. The molecule has 2 radical (unpaired) electrons. The predicted molar refractivity (Wildman–Crippen MR) is 104 cm³/mol. The first-order chi connectivity index (χ1) is 11.7. The molecule has 0 aliphatic rings. The van der Waals surface area contributed by atoms with E-state index in [2.05, 4.69) is 13.5 Å². The maximum Gasteiger partial charge on any atom is 0.333 e. The average molecular weight is 337 g/mol. The third kappa shape index (κ3) is 17.6. The highest BCUT2D eigenvalue weighted by atomic mass is 16.5. The molecule has 0 aromatic carbocycles. The Morgan fingerprint density at radius 2 is 1.12 bits per heavy atom. The molecule has 0 spiro atoms. The van der Waals surface area contributed by atoms with E-state index in [1.165, 1.54) is 83.5 Å². The number of rotatable bonds is 18. The normalized spacial score (nSPS) is 10.8. The van der Waals surface area contributed by atoms with E-state index in [1.54, 1.807) is 13.5 Å². The van der Waals surface area contributed by atoms with Crippen LogP contribution in [-0.4, -0.2) is 5.97 Å². The lowest BCUT2D eigenvalue weighted by Gasteiger charge is -2.04. The first-order valence-corrected chi connectivity index (χ1v) is 10.2. The summed E-state index contributed by atoms with van der Waals surface area (Å²) in [6.45, 7) is 10.7. The molecule has 140 valence electrons. The van der Waals surface area contributed by atoms with Gasteiger partial charge in [0.2, 0.25) is 0 Å². The summed E-state index contributed by atoms with van der Waals surface area (Å²) < 4.78 is 4.96. The van der Waals surface area contributed by atoms with Crippen LogP contribution in [0.5, 0.6) is 0 Å². The lowest BCUT2D eigenvalue weighted by molar-refractivity contribution is -0.135. The van der Waals surface area contributed by atoms with E-state index < -0.39 is 0 Å². The van der Waals surface area contributed by atoms with Gasteiger partial charge in [-0.3, -0.25) is 0 Å². The number of carbonyl (C=O) groups is 1. The summed E-state index contributed by atoms with van der Waals surface area (Å²) >= 11 is 0. The van der Waals surface area contributed by atoms with Gasteiger partial charge in [0.1, 0.15) is 6.61 Å². The number of ether oxygens (including phenoxy) is 1. The van der Waals surface area contributed by atoms with Gasteiger partial charge in [0.05, 0.1) is 0 Å². The van der Waals surface area contributed by atoms with Crippen molar-refractivity contribution in [3.63, 3.8) is 0 Å². The molecule has 0 N–H and O–H groups in total. The molecule has 0 aromatic heterocycles. The van der Waals surface area contributed by atoms with Crippen LogP contribution in [0.1, 0.15) is 110 Å². The molecular formula is C22H40O2. The van der Waals surface area contributed by atoms with E-state index >= 15 is 0 Å². The second-order valence-corrected chi connectivity index (χ2v) is 6.94.